The third-order valence-electron chi connectivity index (χ3n) is 0.622. The van der Waals surface area contributed by atoms with E-state index >= 15 is 0 Å². The maximum atomic E-state index is 10.4. The normalized spacial score (nSPS) is 10.0. The van der Waals surface area contributed by atoms with Crippen LogP contribution in [0, 0.1) is 0 Å². The van der Waals surface area contributed by atoms with Crippen molar-refractivity contribution >= 4 is 5.97 Å². The van der Waals surface area contributed by atoms with Gasteiger partial charge in [0.15, 0.2) is 6.79 Å². The number of methoxy groups -OCH3 is 1. The molecule has 0 aliphatic rings. The van der Waals surface area contributed by atoms with E-state index in [1.165, 1.54) is 13.2 Å². The number of carbonyl (C=O) groups is 1. The maximum absolute atomic E-state index is 10.4. The first-order chi connectivity index (χ1) is 4.31. The molecule has 0 atom stereocenters. The van der Waals surface area contributed by atoms with Gasteiger partial charge in [0.1, 0.15) is 0 Å². The highest BCUT2D eigenvalue weighted by Gasteiger charge is 1.91. The Morgan fingerprint density at radius 1 is 1.67 bits per heavy atom. The number of allylic oxidation sites excluding steroid dienone is 1. The predicted molar refractivity (Wildman–Crippen MR) is 32.8 cm³/mol. The summed E-state index contributed by atoms with van der Waals surface area (Å²) in [5, 5.41) is 0. The molecule has 9 heavy (non-hydrogen) atoms. The Morgan fingerprint density at radius 2 is 2.33 bits per heavy atom. The van der Waals surface area contributed by atoms with Gasteiger partial charge in [0.05, 0.1) is 0 Å². The lowest BCUT2D eigenvalue weighted by atomic mass is 10.5. The van der Waals surface area contributed by atoms with Crippen LogP contribution < -0.4 is 0 Å². The molecule has 0 unspecified atom stereocenters. The van der Waals surface area contributed by atoms with Crippen LogP contribution in [-0.4, -0.2) is 19.9 Å². The molecule has 0 aromatic heterocycles. The molecule has 0 heterocycles. The van der Waals surface area contributed by atoms with Gasteiger partial charge in [-0.3, -0.25) is 0 Å². The van der Waals surface area contributed by atoms with Gasteiger partial charge >= 0.3 is 5.97 Å². The highest BCUT2D eigenvalue weighted by atomic mass is 16.7. The monoisotopic (exact) mass is 130 g/mol. The minimum absolute atomic E-state index is 0.0170. The van der Waals surface area contributed by atoms with Crippen molar-refractivity contribution in [1.82, 2.24) is 0 Å². The molecule has 0 bridgehead atoms. The average molecular weight is 130 g/mol. The fraction of sp³-hybridized carbons (Fsp3) is 0.500. The van der Waals surface area contributed by atoms with Crippen LogP contribution in [0.5, 0.6) is 0 Å². The zero-order valence-corrected chi connectivity index (χ0v) is 5.59. The van der Waals surface area contributed by atoms with Crippen LogP contribution in [0.2, 0.25) is 0 Å². The molecule has 0 saturated carbocycles. The SMILES string of the molecule is CC=CC(=O)OCOC. The summed E-state index contributed by atoms with van der Waals surface area (Å²) in [4.78, 5) is 10.4. The standard InChI is InChI=1S/C6H10O3/c1-3-4-6(7)9-5-8-2/h3-4H,5H2,1-2H3. The van der Waals surface area contributed by atoms with Gasteiger partial charge < -0.3 is 9.47 Å². The molecule has 0 aromatic carbocycles. The molecule has 0 amide bonds. The molecule has 3 nitrogen and oxygen atoms in total. The summed E-state index contributed by atoms with van der Waals surface area (Å²) in [7, 11) is 1.46. The summed E-state index contributed by atoms with van der Waals surface area (Å²) in [6, 6.07) is 0. The van der Waals surface area contributed by atoms with E-state index in [4.69, 9.17) is 0 Å². The van der Waals surface area contributed by atoms with Crippen molar-refractivity contribution in [3.05, 3.63) is 12.2 Å². The fourth-order valence-corrected chi connectivity index (χ4v) is 0.301. The van der Waals surface area contributed by atoms with Crippen LogP contribution in [0.25, 0.3) is 0 Å². The van der Waals surface area contributed by atoms with E-state index in [1.54, 1.807) is 13.0 Å². The lowest BCUT2D eigenvalue weighted by Gasteiger charge is -1.96. The first-order valence-corrected chi connectivity index (χ1v) is 2.59. The fourth-order valence-electron chi connectivity index (χ4n) is 0.301. The molecule has 0 aliphatic heterocycles. The molecule has 0 aliphatic carbocycles. The van der Waals surface area contributed by atoms with E-state index in [0.717, 1.165) is 0 Å². The van der Waals surface area contributed by atoms with Crippen LogP contribution >= 0.6 is 0 Å². The quantitative estimate of drug-likeness (QED) is 0.320. The molecule has 0 aromatic rings. The van der Waals surface area contributed by atoms with Gasteiger partial charge in [-0.25, -0.2) is 4.79 Å². The second-order valence-electron chi connectivity index (χ2n) is 1.37. The number of carbonyl (C=O) groups excluding carboxylic acids is 1. The van der Waals surface area contributed by atoms with Crippen molar-refractivity contribution in [2.24, 2.45) is 0 Å². The Bertz CT molecular complexity index is 107. The van der Waals surface area contributed by atoms with E-state index in [-0.39, 0.29) is 12.8 Å². The molecular formula is C6H10O3. The minimum atomic E-state index is -0.376. The van der Waals surface area contributed by atoms with Gasteiger partial charge in [-0.2, -0.15) is 0 Å². The van der Waals surface area contributed by atoms with Crippen molar-refractivity contribution < 1.29 is 14.3 Å². The highest BCUT2D eigenvalue weighted by Crippen LogP contribution is 1.80. The number of hydrogen-bond donors (Lipinski definition) is 0. The summed E-state index contributed by atoms with van der Waals surface area (Å²) in [5.74, 6) is -0.376. The van der Waals surface area contributed by atoms with Crippen molar-refractivity contribution in [2.75, 3.05) is 13.9 Å². The number of rotatable bonds is 3. The third kappa shape index (κ3) is 5.03. The largest absolute Gasteiger partial charge is 0.435 e. The van der Waals surface area contributed by atoms with Crippen LogP contribution in [-0.2, 0) is 14.3 Å². The zero-order chi connectivity index (χ0) is 7.11. The van der Waals surface area contributed by atoms with E-state index in [2.05, 4.69) is 9.47 Å². The summed E-state index contributed by atoms with van der Waals surface area (Å²) >= 11 is 0. The average Bonchev–Trinajstić information content (AvgIpc) is 1.85. The second-order valence-corrected chi connectivity index (χ2v) is 1.37. The topological polar surface area (TPSA) is 35.5 Å². The molecule has 3 heteroatoms. The van der Waals surface area contributed by atoms with Crippen LogP contribution in [0.1, 0.15) is 6.92 Å². The summed E-state index contributed by atoms with van der Waals surface area (Å²) in [6.07, 6.45) is 2.94. The van der Waals surface area contributed by atoms with Gasteiger partial charge in [-0.15, -0.1) is 0 Å². The Kier molecular flexibility index (Phi) is 4.82. The van der Waals surface area contributed by atoms with Crippen LogP contribution in [0.4, 0.5) is 0 Å². The lowest BCUT2D eigenvalue weighted by molar-refractivity contribution is -0.147. The van der Waals surface area contributed by atoms with Crippen molar-refractivity contribution in [1.29, 1.82) is 0 Å². The molecule has 0 spiro atoms. The zero-order valence-electron chi connectivity index (χ0n) is 5.59. The summed E-state index contributed by atoms with van der Waals surface area (Å²) in [6.45, 7) is 1.76. The van der Waals surface area contributed by atoms with Gasteiger partial charge in [-0.1, -0.05) is 6.08 Å². The number of hydrogen-bond acceptors (Lipinski definition) is 3. The highest BCUT2D eigenvalue weighted by molar-refractivity contribution is 5.81. The molecule has 0 fully saturated rings. The Hall–Kier alpha value is -0.830. The van der Waals surface area contributed by atoms with Gasteiger partial charge in [0.2, 0.25) is 0 Å². The smallest absolute Gasteiger partial charge is 0.332 e. The Morgan fingerprint density at radius 3 is 2.78 bits per heavy atom. The molecule has 0 rings (SSSR count). The van der Waals surface area contributed by atoms with E-state index in [9.17, 15) is 4.79 Å². The number of esters is 1. The predicted octanol–water partition coefficient (Wildman–Crippen LogP) is 0.710. The molecule has 52 valence electrons. The van der Waals surface area contributed by atoms with Crippen molar-refractivity contribution in [3.63, 3.8) is 0 Å². The van der Waals surface area contributed by atoms with Gasteiger partial charge in [0, 0.05) is 13.2 Å². The molecule has 0 radical (unpaired) electrons. The molecule has 0 saturated heterocycles. The van der Waals surface area contributed by atoms with E-state index < -0.39 is 0 Å². The first-order valence-electron chi connectivity index (χ1n) is 2.59. The lowest BCUT2D eigenvalue weighted by Crippen LogP contribution is -2.02. The van der Waals surface area contributed by atoms with Crippen LogP contribution in [0.15, 0.2) is 12.2 Å². The van der Waals surface area contributed by atoms with Crippen molar-refractivity contribution in [3.8, 4) is 0 Å². The summed E-state index contributed by atoms with van der Waals surface area (Å²) in [5.41, 5.74) is 0. The van der Waals surface area contributed by atoms with Crippen molar-refractivity contribution in [2.45, 2.75) is 6.92 Å². The van der Waals surface area contributed by atoms with E-state index in [1.807, 2.05) is 0 Å². The summed E-state index contributed by atoms with van der Waals surface area (Å²) < 4.78 is 8.97. The molecular weight excluding hydrogens is 120 g/mol. The maximum Gasteiger partial charge on any atom is 0.332 e. The second kappa shape index (κ2) is 5.31. The van der Waals surface area contributed by atoms with Gasteiger partial charge in [0.25, 0.3) is 0 Å². The Balaban J connectivity index is 3.27. The number of ether oxygens (including phenoxy) is 2. The van der Waals surface area contributed by atoms with Crippen LogP contribution in [0.3, 0.4) is 0 Å². The van der Waals surface area contributed by atoms with Gasteiger partial charge in [-0.05, 0) is 6.92 Å². The first kappa shape index (κ1) is 8.17. The minimum Gasteiger partial charge on any atom is -0.435 e. The van der Waals surface area contributed by atoms with E-state index in [0.29, 0.717) is 0 Å². The molecule has 0 N–H and O–H groups in total. The third-order valence-corrected chi connectivity index (χ3v) is 0.622. The Labute approximate surface area is 54.3 Å².